The van der Waals surface area contributed by atoms with Gasteiger partial charge in [-0.05, 0) is 18.8 Å². The summed E-state index contributed by atoms with van der Waals surface area (Å²) in [4.78, 5) is 19.7. The molecule has 0 aliphatic carbocycles. The molecule has 0 aromatic heterocycles. The summed E-state index contributed by atoms with van der Waals surface area (Å²) in [6, 6.07) is 0. The van der Waals surface area contributed by atoms with Crippen molar-refractivity contribution >= 4 is 11.9 Å². The number of unbranched alkanes of at least 4 members (excludes halogenated alkanes) is 3. The lowest BCUT2D eigenvalue weighted by molar-refractivity contribution is -0.138. The Morgan fingerprint density at radius 1 is 0.889 bits per heavy atom. The molecule has 0 amide bonds. The number of hydrogen-bond donors (Lipinski definition) is 2. The second-order valence-electron chi connectivity index (χ2n) is 4.88. The number of carboxylic acid groups (broad SMARTS) is 2. The summed E-state index contributed by atoms with van der Waals surface area (Å²) >= 11 is 0. The van der Waals surface area contributed by atoms with Crippen LogP contribution in [0.15, 0.2) is 0 Å². The van der Waals surface area contributed by atoms with Gasteiger partial charge in [-0.2, -0.15) is 0 Å². The third-order valence-corrected chi connectivity index (χ3v) is 2.39. The molecule has 0 radical (unpaired) electrons. The summed E-state index contributed by atoms with van der Waals surface area (Å²) < 4.78 is 0. The standard InChI is InChI=1S/C10H20O2.C4H8O2/c1-9(2)7-5-3-4-6-8-10(11)12;1-2-3-4(5)6/h9H,3-8H2,1-2H3,(H,11,12);2-3H2,1H3,(H,5,6). The van der Waals surface area contributed by atoms with E-state index in [2.05, 4.69) is 13.8 Å². The Balaban J connectivity index is 0. The molecule has 0 fully saturated rings. The van der Waals surface area contributed by atoms with Gasteiger partial charge in [-0.3, -0.25) is 9.59 Å². The second-order valence-corrected chi connectivity index (χ2v) is 4.88. The minimum Gasteiger partial charge on any atom is -0.481 e. The Kier molecular flexibility index (Phi) is 15.0. The molecular formula is C14H28O4. The maximum atomic E-state index is 10.1. The third-order valence-electron chi connectivity index (χ3n) is 2.39. The summed E-state index contributed by atoms with van der Waals surface area (Å²) in [6.45, 7) is 6.28. The lowest BCUT2D eigenvalue weighted by atomic mass is 10.0. The van der Waals surface area contributed by atoms with E-state index >= 15 is 0 Å². The molecule has 0 spiro atoms. The van der Waals surface area contributed by atoms with Gasteiger partial charge in [0.2, 0.25) is 0 Å². The molecule has 0 aliphatic heterocycles. The fourth-order valence-electron chi connectivity index (χ4n) is 1.40. The maximum absolute atomic E-state index is 10.1. The van der Waals surface area contributed by atoms with E-state index in [9.17, 15) is 9.59 Å². The van der Waals surface area contributed by atoms with Gasteiger partial charge in [-0.15, -0.1) is 0 Å². The highest BCUT2D eigenvalue weighted by atomic mass is 16.4. The summed E-state index contributed by atoms with van der Waals surface area (Å²) in [5.74, 6) is -0.596. The Labute approximate surface area is 110 Å². The predicted octanol–water partition coefficient (Wildman–Crippen LogP) is 3.94. The van der Waals surface area contributed by atoms with E-state index in [1.165, 1.54) is 19.3 Å². The second kappa shape index (κ2) is 14.0. The number of aliphatic carboxylic acids is 2. The van der Waals surface area contributed by atoms with Crippen LogP contribution in [0.4, 0.5) is 0 Å². The highest BCUT2D eigenvalue weighted by molar-refractivity contribution is 5.66. The first-order valence-corrected chi connectivity index (χ1v) is 6.83. The highest BCUT2D eigenvalue weighted by Gasteiger charge is 1.97. The van der Waals surface area contributed by atoms with Crippen LogP contribution < -0.4 is 0 Å². The number of rotatable bonds is 9. The van der Waals surface area contributed by atoms with Crippen molar-refractivity contribution in [1.29, 1.82) is 0 Å². The molecule has 4 heteroatoms. The topological polar surface area (TPSA) is 74.6 Å². The normalized spacial score (nSPS) is 9.78. The van der Waals surface area contributed by atoms with Crippen molar-refractivity contribution < 1.29 is 19.8 Å². The van der Waals surface area contributed by atoms with Crippen LogP contribution in [0.2, 0.25) is 0 Å². The average molecular weight is 260 g/mol. The van der Waals surface area contributed by atoms with Crippen LogP contribution in [0.5, 0.6) is 0 Å². The summed E-state index contributed by atoms with van der Waals surface area (Å²) in [6.07, 6.45) is 6.97. The van der Waals surface area contributed by atoms with Gasteiger partial charge in [-0.1, -0.05) is 46.5 Å². The average Bonchev–Trinajstić information content (AvgIpc) is 2.23. The van der Waals surface area contributed by atoms with Gasteiger partial charge in [-0.25, -0.2) is 0 Å². The zero-order chi connectivity index (χ0) is 14.4. The minimum atomic E-state index is -0.711. The molecule has 0 heterocycles. The summed E-state index contributed by atoms with van der Waals surface area (Å²) in [5, 5.41) is 16.3. The Morgan fingerprint density at radius 2 is 1.39 bits per heavy atom. The first-order valence-electron chi connectivity index (χ1n) is 6.83. The Morgan fingerprint density at radius 3 is 1.72 bits per heavy atom. The predicted molar refractivity (Wildman–Crippen MR) is 72.7 cm³/mol. The zero-order valence-corrected chi connectivity index (χ0v) is 11.9. The molecule has 4 nitrogen and oxygen atoms in total. The fraction of sp³-hybridized carbons (Fsp3) is 0.857. The molecule has 108 valence electrons. The fourth-order valence-corrected chi connectivity index (χ4v) is 1.40. The van der Waals surface area contributed by atoms with Crippen molar-refractivity contribution in [3.8, 4) is 0 Å². The number of carboxylic acids is 2. The molecule has 0 saturated carbocycles. The van der Waals surface area contributed by atoms with Crippen LogP contribution in [0.25, 0.3) is 0 Å². The van der Waals surface area contributed by atoms with E-state index in [1.54, 1.807) is 0 Å². The highest BCUT2D eigenvalue weighted by Crippen LogP contribution is 2.10. The Hall–Kier alpha value is -1.06. The van der Waals surface area contributed by atoms with E-state index in [0.29, 0.717) is 12.8 Å². The molecule has 0 bridgehead atoms. The molecule has 18 heavy (non-hydrogen) atoms. The first kappa shape index (κ1) is 19.3. The Bertz CT molecular complexity index is 212. The quantitative estimate of drug-likeness (QED) is 0.616. The largest absolute Gasteiger partial charge is 0.481 e. The molecule has 0 aromatic carbocycles. The van der Waals surface area contributed by atoms with Crippen LogP contribution in [0.1, 0.15) is 72.1 Å². The minimum absolute atomic E-state index is 0.292. The number of carbonyl (C=O) groups is 2. The van der Waals surface area contributed by atoms with Crippen molar-refractivity contribution in [2.24, 2.45) is 5.92 Å². The molecule has 0 aromatic rings. The van der Waals surface area contributed by atoms with E-state index < -0.39 is 11.9 Å². The van der Waals surface area contributed by atoms with Crippen molar-refractivity contribution in [3.05, 3.63) is 0 Å². The molecule has 0 atom stereocenters. The smallest absolute Gasteiger partial charge is 0.303 e. The van der Waals surface area contributed by atoms with E-state index in [1.807, 2.05) is 6.92 Å². The molecule has 0 unspecified atom stereocenters. The molecule has 2 N–H and O–H groups in total. The van der Waals surface area contributed by atoms with E-state index in [-0.39, 0.29) is 0 Å². The summed E-state index contributed by atoms with van der Waals surface area (Å²) in [7, 11) is 0. The number of hydrogen-bond acceptors (Lipinski definition) is 2. The van der Waals surface area contributed by atoms with Crippen LogP contribution in [0, 0.1) is 5.92 Å². The molecule has 0 aliphatic rings. The van der Waals surface area contributed by atoms with E-state index in [0.717, 1.165) is 25.2 Å². The molecule has 0 rings (SSSR count). The van der Waals surface area contributed by atoms with Crippen LogP contribution in [0.3, 0.4) is 0 Å². The van der Waals surface area contributed by atoms with Gasteiger partial charge in [0.15, 0.2) is 0 Å². The lowest BCUT2D eigenvalue weighted by Gasteiger charge is -2.02. The molecule has 0 saturated heterocycles. The van der Waals surface area contributed by atoms with Crippen molar-refractivity contribution in [2.75, 3.05) is 0 Å². The SMILES string of the molecule is CC(C)CCCCCCC(=O)O.CCCC(=O)O. The van der Waals surface area contributed by atoms with Gasteiger partial charge in [0, 0.05) is 12.8 Å². The van der Waals surface area contributed by atoms with Gasteiger partial charge >= 0.3 is 11.9 Å². The molecular weight excluding hydrogens is 232 g/mol. The van der Waals surface area contributed by atoms with Gasteiger partial charge < -0.3 is 10.2 Å². The summed E-state index contributed by atoms with van der Waals surface area (Å²) in [5.41, 5.74) is 0. The van der Waals surface area contributed by atoms with Crippen molar-refractivity contribution in [1.82, 2.24) is 0 Å². The van der Waals surface area contributed by atoms with Crippen molar-refractivity contribution in [3.63, 3.8) is 0 Å². The van der Waals surface area contributed by atoms with Crippen LogP contribution in [-0.2, 0) is 9.59 Å². The lowest BCUT2D eigenvalue weighted by Crippen LogP contribution is -1.94. The van der Waals surface area contributed by atoms with Gasteiger partial charge in [0.25, 0.3) is 0 Å². The van der Waals surface area contributed by atoms with Crippen LogP contribution >= 0.6 is 0 Å². The van der Waals surface area contributed by atoms with Crippen molar-refractivity contribution in [2.45, 2.75) is 72.1 Å². The third kappa shape index (κ3) is 24.3. The van der Waals surface area contributed by atoms with Gasteiger partial charge in [0.05, 0.1) is 0 Å². The van der Waals surface area contributed by atoms with E-state index in [4.69, 9.17) is 10.2 Å². The first-order chi connectivity index (χ1) is 8.40. The monoisotopic (exact) mass is 260 g/mol. The maximum Gasteiger partial charge on any atom is 0.303 e. The van der Waals surface area contributed by atoms with Gasteiger partial charge in [0.1, 0.15) is 0 Å². The zero-order valence-electron chi connectivity index (χ0n) is 11.9. The van der Waals surface area contributed by atoms with Crippen LogP contribution in [-0.4, -0.2) is 22.2 Å².